The first-order valence-electron chi connectivity index (χ1n) is 7.61. The number of anilines is 1. The molecule has 4 nitrogen and oxygen atoms in total. The van der Waals surface area contributed by atoms with E-state index in [4.69, 9.17) is 4.74 Å². The largest absolute Gasteiger partial charge is 0.384 e. The van der Waals surface area contributed by atoms with Gasteiger partial charge in [0, 0.05) is 39.0 Å². The van der Waals surface area contributed by atoms with Gasteiger partial charge in [-0.15, -0.1) is 0 Å². The first kappa shape index (κ1) is 15.3. The third kappa shape index (κ3) is 4.18. The Morgan fingerprint density at radius 2 is 2.35 bits per heavy atom. The number of hydrogen-bond donors (Lipinski definition) is 1. The standard InChI is InChI=1S/C16H27N3O/c1-13(2)18-9-15-6-7-17-10-16(15)19-8-4-5-14(11-19)12-20-3/h6-7,10,13-14,18H,4-5,8-9,11-12H2,1-3H3. The summed E-state index contributed by atoms with van der Waals surface area (Å²) in [5.41, 5.74) is 2.62. The fourth-order valence-corrected chi connectivity index (χ4v) is 2.82. The Bertz CT molecular complexity index is 406. The summed E-state index contributed by atoms with van der Waals surface area (Å²) < 4.78 is 5.32. The van der Waals surface area contributed by atoms with Crippen molar-refractivity contribution in [2.75, 3.05) is 31.7 Å². The van der Waals surface area contributed by atoms with Crippen molar-refractivity contribution in [3.05, 3.63) is 24.0 Å². The summed E-state index contributed by atoms with van der Waals surface area (Å²) in [6.07, 6.45) is 6.40. The highest BCUT2D eigenvalue weighted by atomic mass is 16.5. The lowest BCUT2D eigenvalue weighted by Crippen LogP contribution is -2.38. The molecule has 0 aromatic carbocycles. The second-order valence-corrected chi connectivity index (χ2v) is 5.95. The fraction of sp³-hybridized carbons (Fsp3) is 0.688. The van der Waals surface area contributed by atoms with Crippen LogP contribution in [0.2, 0.25) is 0 Å². The number of pyridine rings is 1. The van der Waals surface area contributed by atoms with Gasteiger partial charge in [0.05, 0.1) is 18.5 Å². The molecule has 1 aromatic rings. The maximum Gasteiger partial charge on any atom is 0.0598 e. The van der Waals surface area contributed by atoms with Crippen molar-refractivity contribution in [3.8, 4) is 0 Å². The zero-order chi connectivity index (χ0) is 14.4. The fourth-order valence-electron chi connectivity index (χ4n) is 2.82. The van der Waals surface area contributed by atoms with E-state index in [1.54, 1.807) is 7.11 Å². The van der Waals surface area contributed by atoms with E-state index >= 15 is 0 Å². The normalized spacial score (nSPS) is 19.6. The molecular weight excluding hydrogens is 250 g/mol. The SMILES string of the molecule is COCC1CCCN(c2cnccc2CNC(C)C)C1. The maximum absolute atomic E-state index is 5.32. The van der Waals surface area contributed by atoms with Crippen LogP contribution in [0.4, 0.5) is 5.69 Å². The van der Waals surface area contributed by atoms with Gasteiger partial charge in [-0.3, -0.25) is 4.98 Å². The molecule has 1 aliphatic heterocycles. The van der Waals surface area contributed by atoms with Crippen LogP contribution in [-0.2, 0) is 11.3 Å². The van der Waals surface area contributed by atoms with Crippen molar-refractivity contribution >= 4 is 5.69 Å². The molecule has 1 fully saturated rings. The molecule has 2 heterocycles. The van der Waals surface area contributed by atoms with E-state index in [2.05, 4.69) is 35.1 Å². The quantitative estimate of drug-likeness (QED) is 0.866. The van der Waals surface area contributed by atoms with Crippen molar-refractivity contribution in [3.63, 3.8) is 0 Å². The number of nitrogens with one attached hydrogen (secondary N) is 1. The Labute approximate surface area is 122 Å². The monoisotopic (exact) mass is 277 g/mol. The van der Waals surface area contributed by atoms with Gasteiger partial charge in [-0.25, -0.2) is 0 Å². The minimum atomic E-state index is 0.499. The van der Waals surface area contributed by atoms with Crippen LogP contribution in [-0.4, -0.2) is 37.8 Å². The van der Waals surface area contributed by atoms with Crippen molar-refractivity contribution in [1.29, 1.82) is 0 Å². The van der Waals surface area contributed by atoms with E-state index < -0.39 is 0 Å². The molecule has 0 radical (unpaired) electrons. The number of hydrogen-bond acceptors (Lipinski definition) is 4. The van der Waals surface area contributed by atoms with E-state index in [0.717, 1.165) is 26.2 Å². The lowest BCUT2D eigenvalue weighted by molar-refractivity contribution is 0.143. The summed E-state index contributed by atoms with van der Waals surface area (Å²) >= 11 is 0. The first-order chi connectivity index (χ1) is 9.70. The van der Waals surface area contributed by atoms with Gasteiger partial charge in [-0.2, -0.15) is 0 Å². The van der Waals surface area contributed by atoms with E-state index in [0.29, 0.717) is 12.0 Å². The minimum Gasteiger partial charge on any atom is -0.384 e. The minimum absolute atomic E-state index is 0.499. The molecule has 0 amide bonds. The van der Waals surface area contributed by atoms with Gasteiger partial charge >= 0.3 is 0 Å². The van der Waals surface area contributed by atoms with Crippen molar-refractivity contribution in [2.45, 2.75) is 39.3 Å². The van der Waals surface area contributed by atoms with Gasteiger partial charge in [0.1, 0.15) is 0 Å². The Kier molecular flexibility index (Phi) is 5.80. The molecule has 0 saturated carbocycles. The molecule has 20 heavy (non-hydrogen) atoms. The van der Waals surface area contributed by atoms with Gasteiger partial charge in [0.15, 0.2) is 0 Å². The second kappa shape index (κ2) is 7.60. The molecule has 112 valence electrons. The van der Waals surface area contributed by atoms with Crippen LogP contribution < -0.4 is 10.2 Å². The number of methoxy groups -OCH3 is 1. The van der Waals surface area contributed by atoms with E-state index in [-0.39, 0.29) is 0 Å². The smallest absolute Gasteiger partial charge is 0.0598 e. The van der Waals surface area contributed by atoms with Crippen molar-refractivity contribution in [2.24, 2.45) is 5.92 Å². The zero-order valence-electron chi connectivity index (χ0n) is 12.9. The van der Waals surface area contributed by atoms with Gasteiger partial charge in [0.25, 0.3) is 0 Å². The predicted molar refractivity (Wildman–Crippen MR) is 83.0 cm³/mol. The molecule has 4 heteroatoms. The van der Waals surface area contributed by atoms with Crippen LogP contribution >= 0.6 is 0 Å². The molecule has 1 aromatic heterocycles. The molecule has 1 N–H and O–H groups in total. The Morgan fingerprint density at radius 1 is 1.50 bits per heavy atom. The maximum atomic E-state index is 5.32. The van der Waals surface area contributed by atoms with Gasteiger partial charge < -0.3 is 15.0 Å². The van der Waals surface area contributed by atoms with Crippen LogP contribution in [0.3, 0.4) is 0 Å². The summed E-state index contributed by atoms with van der Waals surface area (Å²) in [6.45, 7) is 8.32. The third-order valence-electron chi connectivity index (χ3n) is 3.85. The molecule has 0 spiro atoms. The number of nitrogens with zero attached hydrogens (tertiary/aromatic N) is 2. The third-order valence-corrected chi connectivity index (χ3v) is 3.85. The van der Waals surface area contributed by atoms with Gasteiger partial charge in [-0.05, 0) is 30.4 Å². The molecule has 2 rings (SSSR count). The first-order valence-corrected chi connectivity index (χ1v) is 7.61. The Balaban J connectivity index is 2.06. The topological polar surface area (TPSA) is 37.4 Å². The van der Waals surface area contributed by atoms with Crippen LogP contribution in [0.15, 0.2) is 18.5 Å². The highest BCUT2D eigenvalue weighted by Gasteiger charge is 2.21. The lowest BCUT2D eigenvalue weighted by atomic mass is 9.98. The summed E-state index contributed by atoms with van der Waals surface area (Å²) in [5.74, 6) is 0.639. The summed E-state index contributed by atoms with van der Waals surface area (Å²) in [6, 6.07) is 2.63. The van der Waals surface area contributed by atoms with Gasteiger partial charge in [0.2, 0.25) is 0 Å². The molecule has 0 aliphatic carbocycles. The number of aromatic nitrogens is 1. The van der Waals surface area contributed by atoms with Crippen molar-refractivity contribution in [1.82, 2.24) is 10.3 Å². The lowest BCUT2D eigenvalue weighted by Gasteiger charge is -2.35. The number of ether oxygens (including phenoxy) is 1. The van der Waals surface area contributed by atoms with Crippen LogP contribution in [0.5, 0.6) is 0 Å². The van der Waals surface area contributed by atoms with E-state index in [1.165, 1.54) is 24.1 Å². The van der Waals surface area contributed by atoms with E-state index in [1.807, 2.05) is 12.4 Å². The van der Waals surface area contributed by atoms with Crippen LogP contribution in [0.1, 0.15) is 32.3 Å². The zero-order valence-corrected chi connectivity index (χ0v) is 12.9. The Morgan fingerprint density at radius 3 is 3.10 bits per heavy atom. The predicted octanol–water partition coefficient (Wildman–Crippen LogP) is 2.44. The average Bonchev–Trinajstić information content (AvgIpc) is 2.46. The highest BCUT2D eigenvalue weighted by molar-refractivity contribution is 5.52. The highest BCUT2D eigenvalue weighted by Crippen LogP contribution is 2.25. The summed E-state index contributed by atoms with van der Waals surface area (Å²) in [4.78, 5) is 6.79. The molecule has 1 saturated heterocycles. The van der Waals surface area contributed by atoms with E-state index in [9.17, 15) is 0 Å². The van der Waals surface area contributed by atoms with Gasteiger partial charge in [-0.1, -0.05) is 13.8 Å². The Hall–Kier alpha value is -1.13. The average molecular weight is 277 g/mol. The second-order valence-electron chi connectivity index (χ2n) is 5.95. The van der Waals surface area contributed by atoms with Crippen molar-refractivity contribution < 1.29 is 4.74 Å². The summed E-state index contributed by atoms with van der Waals surface area (Å²) in [7, 11) is 1.79. The van der Waals surface area contributed by atoms with Crippen LogP contribution in [0.25, 0.3) is 0 Å². The number of piperidine rings is 1. The molecule has 1 aliphatic rings. The molecule has 1 atom stereocenters. The molecule has 0 bridgehead atoms. The summed E-state index contributed by atoms with van der Waals surface area (Å²) in [5, 5.41) is 3.50. The molecular formula is C16H27N3O. The molecule has 1 unspecified atom stereocenters. The van der Waals surface area contributed by atoms with Crippen LogP contribution in [0, 0.1) is 5.92 Å². The number of rotatable bonds is 6.